The molecule has 0 saturated heterocycles. The second-order valence-corrected chi connectivity index (χ2v) is 1.86. The second kappa shape index (κ2) is 4.68. The lowest BCUT2D eigenvalue weighted by Crippen LogP contribution is -2.06. The average molecular weight is 157 g/mol. The van der Waals surface area contributed by atoms with Crippen LogP contribution in [0.2, 0.25) is 0 Å². The Morgan fingerprint density at radius 1 is 1.73 bits per heavy atom. The van der Waals surface area contributed by atoms with Crippen LogP contribution >= 0.6 is 0 Å². The first kappa shape index (κ1) is 9.91. The first-order valence-corrected chi connectivity index (χ1v) is 3.11. The van der Waals surface area contributed by atoms with E-state index in [1.54, 1.807) is 0 Å². The van der Waals surface area contributed by atoms with Crippen LogP contribution in [-0.4, -0.2) is 13.7 Å². The summed E-state index contributed by atoms with van der Waals surface area (Å²) >= 11 is 0. The highest BCUT2D eigenvalue weighted by atomic mass is 19.1. The van der Waals surface area contributed by atoms with Gasteiger partial charge in [0, 0.05) is 12.1 Å². The molecule has 0 aromatic rings. The SMILES string of the molecule is C=C/C(OC)=C(/CN)C(=C)F. The highest BCUT2D eigenvalue weighted by Gasteiger charge is 2.05. The van der Waals surface area contributed by atoms with Gasteiger partial charge in [0.05, 0.1) is 7.11 Å². The third-order valence-electron chi connectivity index (χ3n) is 1.23. The molecular formula is C8H12FNO. The first-order chi connectivity index (χ1) is 5.17. The Labute approximate surface area is 65.8 Å². The second-order valence-electron chi connectivity index (χ2n) is 1.86. The van der Waals surface area contributed by atoms with Gasteiger partial charge in [-0.1, -0.05) is 13.2 Å². The van der Waals surface area contributed by atoms with E-state index in [0.717, 1.165) is 0 Å². The smallest absolute Gasteiger partial charge is 0.125 e. The molecule has 0 unspecified atom stereocenters. The summed E-state index contributed by atoms with van der Waals surface area (Å²) < 4.78 is 17.3. The van der Waals surface area contributed by atoms with Crippen LogP contribution in [0.5, 0.6) is 0 Å². The minimum absolute atomic E-state index is 0.0600. The number of ether oxygens (including phenoxy) is 1. The molecule has 2 nitrogen and oxygen atoms in total. The van der Waals surface area contributed by atoms with Gasteiger partial charge in [-0.05, 0) is 6.08 Å². The number of methoxy groups -OCH3 is 1. The fourth-order valence-corrected chi connectivity index (χ4v) is 0.675. The van der Waals surface area contributed by atoms with Gasteiger partial charge in [0.15, 0.2) is 0 Å². The maximum atomic E-state index is 12.5. The van der Waals surface area contributed by atoms with E-state index in [0.29, 0.717) is 5.76 Å². The summed E-state index contributed by atoms with van der Waals surface area (Å²) in [7, 11) is 1.43. The van der Waals surface area contributed by atoms with Crippen molar-refractivity contribution in [2.45, 2.75) is 0 Å². The van der Waals surface area contributed by atoms with Crippen molar-refractivity contribution in [3.8, 4) is 0 Å². The molecule has 0 atom stereocenters. The van der Waals surface area contributed by atoms with Crippen LogP contribution in [-0.2, 0) is 4.74 Å². The quantitative estimate of drug-likeness (QED) is 0.496. The molecule has 0 bridgehead atoms. The van der Waals surface area contributed by atoms with Crippen molar-refractivity contribution in [1.82, 2.24) is 0 Å². The van der Waals surface area contributed by atoms with Crippen molar-refractivity contribution in [1.29, 1.82) is 0 Å². The minimum Gasteiger partial charge on any atom is -0.496 e. The molecule has 0 saturated carbocycles. The number of hydrogen-bond donors (Lipinski definition) is 1. The van der Waals surface area contributed by atoms with Gasteiger partial charge in [0.2, 0.25) is 0 Å². The fourth-order valence-electron chi connectivity index (χ4n) is 0.675. The van der Waals surface area contributed by atoms with Crippen molar-refractivity contribution in [3.63, 3.8) is 0 Å². The van der Waals surface area contributed by atoms with Gasteiger partial charge in [-0.2, -0.15) is 0 Å². The summed E-state index contributed by atoms with van der Waals surface area (Å²) in [4.78, 5) is 0. The first-order valence-electron chi connectivity index (χ1n) is 3.11. The number of hydrogen-bond acceptors (Lipinski definition) is 2. The van der Waals surface area contributed by atoms with E-state index >= 15 is 0 Å². The zero-order valence-corrected chi connectivity index (χ0v) is 6.56. The molecule has 0 aliphatic carbocycles. The normalized spacial score (nSPS) is 11.9. The lowest BCUT2D eigenvalue weighted by atomic mass is 10.2. The van der Waals surface area contributed by atoms with Crippen LogP contribution in [0.1, 0.15) is 0 Å². The van der Waals surface area contributed by atoms with Crippen molar-refractivity contribution in [2.75, 3.05) is 13.7 Å². The molecule has 0 aliphatic heterocycles. The Balaban J connectivity index is 4.76. The van der Waals surface area contributed by atoms with Crippen molar-refractivity contribution in [3.05, 3.63) is 36.4 Å². The van der Waals surface area contributed by atoms with Crippen LogP contribution in [0.4, 0.5) is 4.39 Å². The predicted molar refractivity (Wildman–Crippen MR) is 43.5 cm³/mol. The Kier molecular flexibility index (Phi) is 4.22. The molecule has 0 heterocycles. The van der Waals surface area contributed by atoms with E-state index in [1.165, 1.54) is 13.2 Å². The zero-order valence-electron chi connectivity index (χ0n) is 6.56. The van der Waals surface area contributed by atoms with Gasteiger partial charge in [-0.3, -0.25) is 0 Å². The third-order valence-corrected chi connectivity index (χ3v) is 1.23. The van der Waals surface area contributed by atoms with E-state index in [1.807, 2.05) is 0 Å². The van der Waals surface area contributed by atoms with Gasteiger partial charge in [0.1, 0.15) is 11.6 Å². The summed E-state index contributed by atoms with van der Waals surface area (Å²) in [6.45, 7) is 6.61. The standard InChI is InChI=1S/C8H12FNO/c1-4-8(11-3)7(5-10)6(2)9/h4H,1-2,5,10H2,3H3/b8-7+. The predicted octanol–water partition coefficient (Wildman–Crippen LogP) is 1.51. The molecule has 0 rings (SSSR count). The van der Waals surface area contributed by atoms with E-state index < -0.39 is 5.83 Å². The highest BCUT2D eigenvalue weighted by Crippen LogP contribution is 2.14. The zero-order chi connectivity index (χ0) is 8.85. The molecule has 0 aromatic heterocycles. The van der Waals surface area contributed by atoms with E-state index in [4.69, 9.17) is 10.5 Å². The topological polar surface area (TPSA) is 35.2 Å². The molecule has 11 heavy (non-hydrogen) atoms. The Hall–Kier alpha value is -1.09. The van der Waals surface area contributed by atoms with Crippen LogP contribution in [0.15, 0.2) is 36.4 Å². The van der Waals surface area contributed by atoms with Gasteiger partial charge in [-0.15, -0.1) is 0 Å². The monoisotopic (exact) mass is 157 g/mol. The fraction of sp³-hybridized carbons (Fsp3) is 0.250. The number of allylic oxidation sites excluding steroid dienone is 1. The Bertz CT molecular complexity index is 196. The van der Waals surface area contributed by atoms with Gasteiger partial charge in [-0.25, -0.2) is 4.39 Å². The van der Waals surface area contributed by atoms with Gasteiger partial charge in [0.25, 0.3) is 0 Å². The van der Waals surface area contributed by atoms with E-state index in [-0.39, 0.29) is 12.1 Å². The average Bonchev–Trinajstić information content (AvgIpc) is 1.99. The Morgan fingerprint density at radius 3 is 2.36 bits per heavy atom. The largest absolute Gasteiger partial charge is 0.496 e. The molecule has 0 radical (unpaired) electrons. The van der Waals surface area contributed by atoms with Crippen LogP contribution in [0.3, 0.4) is 0 Å². The van der Waals surface area contributed by atoms with Crippen molar-refractivity contribution < 1.29 is 9.13 Å². The molecule has 0 amide bonds. The number of rotatable bonds is 4. The highest BCUT2D eigenvalue weighted by molar-refractivity contribution is 5.31. The molecule has 0 spiro atoms. The van der Waals surface area contributed by atoms with Crippen LogP contribution < -0.4 is 5.73 Å². The summed E-state index contributed by atoms with van der Waals surface area (Å²) in [6.07, 6.45) is 1.40. The molecule has 2 N–H and O–H groups in total. The van der Waals surface area contributed by atoms with Crippen LogP contribution in [0, 0.1) is 0 Å². The third kappa shape index (κ3) is 2.55. The number of halogens is 1. The lowest BCUT2D eigenvalue weighted by Gasteiger charge is -2.05. The lowest BCUT2D eigenvalue weighted by molar-refractivity contribution is 0.301. The summed E-state index contributed by atoms with van der Waals surface area (Å²) in [5.41, 5.74) is 5.49. The molecule has 3 heteroatoms. The molecule has 62 valence electrons. The summed E-state index contributed by atoms with van der Waals surface area (Å²) in [5, 5.41) is 0. The maximum absolute atomic E-state index is 12.5. The number of nitrogens with two attached hydrogens (primary N) is 1. The van der Waals surface area contributed by atoms with E-state index in [2.05, 4.69) is 13.2 Å². The Morgan fingerprint density at radius 2 is 2.27 bits per heavy atom. The van der Waals surface area contributed by atoms with Crippen molar-refractivity contribution >= 4 is 0 Å². The summed E-state index contributed by atoms with van der Waals surface area (Å²) in [5.74, 6) is -0.246. The minimum atomic E-state index is -0.579. The summed E-state index contributed by atoms with van der Waals surface area (Å²) in [6, 6.07) is 0. The van der Waals surface area contributed by atoms with Crippen molar-refractivity contribution in [2.24, 2.45) is 5.73 Å². The molecule has 0 fully saturated rings. The van der Waals surface area contributed by atoms with E-state index in [9.17, 15) is 4.39 Å². The molecular weight excluding hydrogens is 145 g/mol. The van der Waals surface area contributed by atoms with Gasteiger partial charge < -0.3 is 10.5 Å². The molecule has 0 aliphatic rings. The molecule has 0 aromatic carbocycles. The maximum Gasteiger partial charge on any atom is 0.125 e. The van der Waals surface area contributed by atoms with Crippen LogP contribution in [0.25, 0.3) is 0 Å². The van der Waals surface area contributed by atoms with Gasteiger partial charge >= 0.3 is 0 Å².